The van der Waals surface area contributed by atoms with Gasteiger partial charge in [0.2, 0.25) is 0 Å². The number of fused-ring (bicyclic) bond motifs is 1. The molecular formula is C9H10ClN3O. The van der Waals surface area contributed by atoms with Gasteiger partial charge in [-0.25, -0.2) is 9.97 Å². The lowest BCUT2D eigenvalue weighted by molar-refractivity contribution is 0.273. The predicted octanol–water partition coefficient (Wildman–Crippen LogP) is 1.72. The number of aromatic amines is 1. The van der Waals surface area contributed by atoms with Crippen molar-refractivity contribution >= 4 is 22.8 Å². The van der Waals surface area contributed by atoms with Gasteiger partial charge < -0.3 is 10.1 Å². The van der Waals surface area contributed by atoms with Crippen molar-refractivity contribution < 1.29 is 5.11 Å². The summed E-state index contributed by atoms with van der Waals surface area (Å²) < 4.78 is 0. The second kappa shape index (κ2) is 3.22. The molecule has 0 saturated carbocycles. The van der Waals surface area contributed by atoms with E-state index in [1.54, 1.807) is 0 Å². The number of rotatable bonds is 1. The summed E-state index contributed by atoms with van der Waals surface area (Å²) in [6.07, 6.45) is 0. The van der Waals surface area contributed by atoms with Crippen LogP contribution in [0, 0.1) is 13.8 Å². The number of nitrogens with zero attached hydrogens (tertiary/aromatic N) is 2. The number of imidazole rings is 1. The number of H-pyrrole nitrogens is 1. The largest absolute Gasteiger partial charge is 0.388 e. The smallest absolute Gasteiger partial charge is 0.178 e. The molecule has 2 heterocycles. The number of hydrogen-bond acceptors (Lipinski definition) is 3. The first-order chi connectivity index (χ1) is 6.63. The molecule has 14 heavy (non-hydrogen) atoms. The van der Waals surface area contributed by atoms with Crippen molar-refractivity contribution in [3.05, 3.63) is 22.1 Å². The maximum absolute atomic E-state index is 8.91. The van der Waals surface area contributed by atoms with Crippen LogP contribution < -0.4 is 0 Å². The molecule has 2 N–H and O–H groups in total. The van der Waals surface area contributed by atoms with E-state index in [9.17, 15) is 0 Å². The summed E-state index contributed by atoms with van der Waals surface area (Å²) in [5, 5.41) is 9.56. The van der Waals surface area contributed by atoms with E-state index in [-0.39, 0.29) is 6.61 Å². The van der Waals surface area contributed by atoms with Crippen LogP contribution in [0.4, 0.5) is 0 Å². The molecule has 4 nitrogen and oxygen atoms in total. The molecule has 2 aromatic heterocycles. The SMILES string of the molecule is Cc1nc2nc(CO)[nH]c2c(C)c1Cl. The van der Waals surface area contributed by atoms with Crippen molar-refractivity contribution in [2.24, 2.45) is 0 Å². The van der Waals surface area contributed by atoms with Gasteiger partial charge in [-0.05, 0) is 19.4 Å². The van der Waals surface area contributed by atoms with Gasteiger partial charge in [-0.3, -0.25) is 0 Å². The Morgan fingerprint density at radius 1 is 1.36 bits per heavy atom. The van der Waals surface area contributed by atoms with Gasteiger partial charge in [0.15, 0.2) is 5.65 Å². The molecule has 0 saturated heterocycles. The average Bonchev–Trinajstić information content (AvgIpc) is 2.57. The number of hydrogen-bond donors (Lipinski definition) is 2. The highest BCUT2D eigenvalue weighted by Gasteiger charge is 2.10. The first kappa shape index (κ1) is 9.43. The third-order valence-electron chi connectivity index (χ3n) is 2.18. The highest BCUT2D eigenvalue weighted by Crippen LogP contribution is 2.24. The number of aliphatic hydroxyl groups is 1. The lowest BCUT2D eigenvalue weighted by Crippen LogP contribution is -1.88. The number of aryl methyl sites for hydroxylation is 2. The summed E-state index contributed by atoms with van der Waals surface area (Å²) in [5.74, 6) is 0.511. The van der Waals surface area contributed by atoms with Gasteiger partial charge in [-0.2, -0.15) is 0 Å². The van der Waals surface area contributed by atoms with E-state index >= 15 is 0 Å². The molecule has 0 radical (unpaired) electrons. The van der Waals surface area contributed by atoms with Crippen LogP contribution in [0.2, 0.25) is 5.02 Å². The molecular weight excluding hydrogens is 202 g/mol. The minimum absolute atomic E-state index is 0.119. The van der Waals surface area contributed by atoms with E-state index in [0.717, 1.165) is 16.8 Å². The third-order valence-corrected chi connectivity index (χ3v) is 2.74. The molecule has 0 aromatic carbocycles. The summed E-state index contributed by atoms with van der Waals surface area (Å²) in [6, 6.07) is 0. The standard InChI is InChI=1S/C9H10ClN3O/c1-4-7(10)5(2)11-9-8(4)12-6(3-14)13-9/h14H,3H2,1-2H3,(H,11,12,13). The molecule has 0 bridgehead atoms. The Bertz CT molecular complexity index is 492. The van der Waals surface area contributed by atoms with Crippen LogP contribution in [-0.4, -0.2) is 20.1 Å². The van der Waals surface area contributed by atoms with E-state index in [1.807, 2.05) is 13.8 Å². The van der Waals surface area contributed by atoms with E-state index in [2.05, 4.69) is 15.0 Å². The van der Waals surface area contributed by atoms with E-state index < -0.39 is 0 Å². The van der Waals surface area contributed by atoms with Crippen LogP contribution in [0.5, 0.6) is 0 Å². The Morgan fingerprint density at radius 3 is 2.71 bits per heavy atom. The Kier molecular flexibility index (Phi) is 2.17. The zero-order chi connectivity index (χ0) is 10.3. The molecule has 0 aliphatic carbocycles. The van der Waals surface area contributed by atoms with Crippen LogP contribution in [-0.2, 0) is 6.61 Å². The van der Waals surface area contributed by atoms with Gasteiger partial charge in [-0.1, -0.05) is 11.6 Å². The molecule has 2 aromatic rings. The zero-order valence-corrected chi connectivity index (χ0v) is 8.68. The molecule has 2 rings (SSSR count). The predicted molar refractivity (Wildman–Crippen MR) is 54.3 cm³/mol. The Hall–Kier alpha value is -1.13. The van der Waals surface area contributed by atoms with Crippen molar-refractivity contribution in [1.82, 2.24) is 15.0 Å². The molecule has 0 aliphatic heterocycles. The lowest BCUT2D eigenvalue weighted by Gasteiger charge is -2.01. The van der Waals surface area contributed by atoms with Crippen LogP contribution >= 0.6 is 11.6 Å². The highest BCUT2D eigenvalue weighted by atomic mass is 35.5. The van der Waals surface area contributed by atoms with Crippen molar-refractivity contribution in [1.29, 1.82) is 0 Å². The van der Waals surface area contributed by atoms with Gasteiger partial charge in [-0.15, -0.1) is 0 Å². The Morgan fingerprint density at radius 2 is 2.07 bits per heavy atom. The van der Waals surface area contributed by atoms with Crippen LogP contribution in [0.15, 0.2) is 0 Å². The number of nitrogens with one attached hydrogen (secondary N) is 1. The summed E-state index contributed by atoms with van der Waals surface area (Å²) in [4.78, 5) is 11.3. The second-order valence-corrected chi connectivity index (χ2v) is 3.55. The maximum atomic E-state index is 8.91. The van der Waals surface area contributed by atoms with Crippen LogP contribution in [0.1, 0.15) is 17.1 Å². The molecule has 5 heteroatoms. The minimum Gasteiger partial charge on any atom is -0.388 e. The quantitative estimate of drug-likeness (QED) is 0.755. The van der Waals surface area contributed by atoms with Crippen molar-refractivity contribution in [3.8, 4) is 0 Å². The first-order valence-electron chi connectivity index (χ1n) is 4.25. The molecule has 0 aliphatic rings. The molecule has 0 amide bonds. The van der Waals surface area contributed by atoms with Gasteiger partial charge in [0.1, 0.15) is 12.4 Å². The fourth-order valence-electron chi connectivity index (χ4n) is 1.42. The Balaban J connectivity index is 2.81. The number of aromatic nitrogens is 3. The van der Waals surface area contributed by atoms with Crippen molar-refractivity contribution in [3.63, 3.8) is 0 Å². The molecule has 0 atom stereocenters. The van der Waals surface area contributed by atoms with Gasteiger partial charge in [0, 0.05) is 0 Å². The monoisotopic (exact) mass is 211 g/mol. The summed E-state index contributed by atoms with van der Waals surface area (Å²) in [6.45, 7) is 3.62. The molecule has 0 unspecified atom stereocenters. The fraction of sp³-hybridized carbons (Fsp3) is 0.333. The van der Waals surface area contributed by atoms with Crippen LogP contribution in [0.25, 0.3) is 11.2 Å². The number of aliphatic hydroxyl groups excluding tert-OH is 1. The highest BCUT2D eigenvalue weighted by molar-refractivity contribution is 6.32. The maximum Gasteiger partial charge on any atom is 0.178 e. The van der Waals surface area contributed by atoms with Crippen molar-refractivity contribution in [2.75, 3.05) is 0 Å². The number of pyridine rings is 1. The molecule has 74 valence electrons. The van der Waals surface area contributed by atoms with Crippen LogP contribution in [0.3, 0.4) is 0 Å². The van der Waals surface area contributed by atoms with Gasteiger partial charge in [0.25, 0.3) is 0 Å². The summed E-state index contributed by atoms with van der Waals surface area (Å²) >= 11 is 6.04. The van der Waals surface area contributed by atoms with Crippen molar-refractivity contribution in [2.45, 2.75) is 20.5 Å². The minimum atomic E-state index is -0.119. The lowest BCUT2D eigenvalue weighted by atomic mass is 10.2. The summed E-state index contributed by atoms with van der Waals surface area (Å²) in [7, 11) is 0. The second-order valence-electron chi connectivity index (χ2n) is 3.18. The normalized spacial score (nSPS) is 11.1. The van der Waals surface area contributed by atoms with Gasteiger partial charge in [0.05, 0.1) is 16.2 Å². The third kappa shape index (κ3) is 1.27. The van der Waals surface area contributed by atoms with E-state index in [1.165, 1.54) is 0 Å². The molecule has 0 fully saturated rings. The fourth-order valence-corrected chi connectivity index (χ4v) is 1.55. The van der Waals surface area contributed by atoms with E-state index in [0.29, 0.717) is 16.5 Å². The topological polar surface area (TPSA) is 61.8 Å². The molecule has 0 spiro atoms. The average molecular weight is 212 g/mol. The van der Waals surface area contributed by atoms with Gasteiger partial charge >= 0.3 is 0 Å². The Labute approximate surface area is 86.0 Å². The zero-order valence-electron chi connectivity index (χ0n) is 7.93. The van der Waals surface area contributed by atoms with E-state index in [4.69, 9.17) is 16.7 Å². The number of halogens is 1. The first-order valence-corrected chi connectivity index (χ1v) is 4.63. The summed E-state index contributed by atoms with van der Waals surface area (Å²) in [5.41, 5.74) is 3.08.